The Balaban J connectivity index is 1.96. The molecule has 1 aromatic rings. The zero-order valence-electron chi connectivity index (χ0n) is 11.6. The van der Waals surface area contributed by atoms with Gasteiger partial charge in [-0.15, -0.1) is 0 Å². The van der Waals surface area contributed by atoms with Gasteiger partial charge in [0.05, 0.1) is 12.6 Å². The third-order valence-corrected chi connectivity index (χ3v) is 3.63. The van der Waals surface area contributed by atoms with Gasteiger partial charge in [-0.25, -0.2) is 0 Å². The summed E-state index contributed by atoms with van der Waals surface area (Å²) in [5.41, 5.74) is 7.01. The molecule has 0 radical (unpaired) electrons. The van der Waals surface area contributed by atoms with Gasteiger partial charge in [0.15, 0.2) is 0 Å². The standard InChI is InChI=1S/C15H22N2O2/c1-10(2)14(16)15(18)17-9-11-7-8-19-13-6-4-3-5-12(11)13/h3-6,10-11,14H,7-9,16H2,1-2H3,(H,17,18)/t11?,14-/m0/s1. The molecule has 1 aromatic carbocycles. The number of nitrogens with one attached hydrogen (secondary N) is 1. The van der Waals surface area contributed by atoms with Crippen molar-refractivity contribution in [1.82, 2.24) is 5.32 Å². The third-order valence-electron chi connectivity index (χ3n) is 3.63. The molecule has 2 atom stereocenters. The lowest BCUT2D eigenvalue weighted by molar-refractivity contribution is -0.123. The summed E-state index contributed by atoms with van der Waals surface area (Å²) < 4.78 is 5.61. The summed E-state index contributed by atoms with van der Waals surface area (Å²) in [4.78, 5) is 11.9. The van der Waals surface area contributed by atoms with E-state index in [2.05, 4.69) is 11.4 Å². The molecular weight excluding hydrogens is 240 g/mol. The molecule has 1 aliphatic heterocycles. The largest absolute Gasteiger partial charge is 0.493 e. The summed E-state index contributed by atoms with van der Waals surface area (Å²) in [6, 6.07) is 7.57. The minimum atomic E-state index is -0.435. The van der Waals surface area contributed by atoms with Crippen LogP contribution in [0.4, 0.5) is 0 Å². The van der Waals surface area contributed by atoms with E-state index in [9.17, 15) is 4.79 Å². The van der Waals surface area contributed by atoms with Gasteiger partial charge in [0, 0.05) is 12.5 Å². The van der Waals surface area contributed by atoms with E-state index >= 15 is 0 Å². The fourth-order valence-electron chi connectivity index (χ4n) is 2.27. The smallest absolute Gasteiger partial charge is 0.237 e. The van der Waals surface area contributed by atoms with Gasteiger partial charge in [-0.1, -0.05) is 32.0 Å². The molecule has 104 valence electrons. The average molecular weight is 262 g/mol. The highest BCUT2D eigenvalue weighted by atomic mass is 16.5. The van der Waals surface area contributed by atoms with E-state index < -0.39 is 6.04 Å². The van der Waals surface area contributed by atoms with Crippen LogP contribution in [-0.4, -0.2) is 25.1 Å². The maximum absolute atomic E-state index is 11.9. The van der Waals surface area contributed by atoms with Crippen LogP contribution < -0.4 is 15.8 Å². The first kappa shape index (κ1) is 13.9. The Bertz CT molecular complexity index is 446. The van der Waals surface area contributed by atoms with Gasteiger partial charge in [-0.2, -0.15) is 0 Å². The summed E-state index contributed by atoms with van der Waals surface area (Å²) in [5.74, 6) is 1.33. The first-order valence-electron chi connectivity index (χ1n) is 6.84. The number of para-hydroxylation sites is 1. The average Bonchev–Trinajstić information content (AvgIpc) is 2.43. The number of rotatable bonds is 4. The highest BCUT2D eigenvalue weighted by Gasteiger charge is 2.23. The minimum Gasteiger partial charge on any atom is -0.493 e. The molecule has 0 aromatic heterocycles. The molecule has 0 aliphatic carbocycles. The fourth-order valence-corrected chi connectivity index (χ4v) is 2.27. The van der Waals surface area contributed by atoms with Gasteiger partial charge in [0.1, 0.15) is 5.75 Å². The van der Waals surface area contributed by atoms with Crippen LogP contribution in [0.3, 0.4) is 0 Å². The number of nitrogens with two attached hydrogens (primary N) is 1. The van der Waals surface area contributed by atoms with E-state index in [0.29, 0.717) is 19.1 Å². The van der Waals surface area contributed by atoms with E-state index in [1.807, 2.05) is 32.0 Å². The third kappa shape index (κ3) is 3.26. The number of carbonyl (C=O) groups is 1. The van der Waals surface area contributed by atoms with Crippen molar-refractivity contribution in [3.8, 4) is 5.75 Å². The summed E-state index contributed by atoms with van der Waals surface area (Å²) in [7, 11) is 0. The molecule has 0 spiro atoms. The van der Waals surface area contributed by atoms with Gasteiger partial charge in [0.25, 0.3) is 0 Å². The number of fused-ring (bicyclic) bond motifs is 1. The Hall–Kier alpha value is -1.55. The molecule has 1 heterocycles. The van der Waals surface area contributed by atoms with Gasteiger partial charge in [-0.3, -0.25) is 4.79 Å². The maximum Gasteiger partial charge on any atom is 0.237 e. The molecule has 3 N–H and O–H groups in total. The Morgan fingerprint density at radius 3 is 2.95 bits per heavy atom. The molecule has 0 saturated heterocycles. The van der Waals surface area contributed by atoms with E-state index in [1.165, 1.54) is 5.56 Å². The zero-order chi connectivity index (χ0) is 13.8. The molecule has 0 fully saturated rings. The molecule has 19 heavy (non-hydrogen) atoms. The molecule has 1 aliphatic rings. The molecule has 1 unspecified atom stereocenters. The summed E-state index contributed by atoms with van der Waals surface area (Å²) in [6.45, 7) is 5.23. The van der Waals surface area contributed by atoms with Gasteiger partial charge >= 0.3 is 0 Å². The molecule has 1 amide bonds. The van der Waals surface area contributed by atoms with Crippen molar-refractivity contribution < 1.29 is 9.53 Å². The Morgan fingerprint density at radius 2 is 2.21 bits per heavy atom. The highest BCUT2D eigenvalue weighted by molar-refractivity contribution is 5.81. The van der Waals surface area contributed by atoms with Gasteiger partial charge < -0.3 is 15.8 Å². The Labute approximate surface area is 114 Å². The maximum atomic E-state index is 11.9. The quantitative estimate of drug-likeness (QED) is 0.867. The lowest BCUT2D eigenvalue weighted by Crippen LogP contribution is -2.45. The molecule has 0 bridgehead atoms. The van der Waals surface area contributed by atoms with Crippen LogP contribution in [0, 0.1) is 5.92 Å². The van der Waals surface area contributed by atoms with Gasteiger partial charge in [0.2, 0.25) is 5.91 Å². The topological polar surface area (TPSA) is 64.4 Å². The number of amides is 1. The van der Waals surface area contributed by atoms with E-state index in [0.717, 1.165) is 12.2 Å². The molecule has 0 saturated carbocycles. The van der Waals surface area contributed by atoms with Crippen molar-refractivity contribution >= 4 is 5.91 Å². The van der Waals surface area contributed by atoms with Crippen molar-refractivity contribution in [2.24, 2.45) is 11.7 Å². The van der Waals surface area contributed by atoms with Crippen molar-refractivity contribution in [2.45, 2.75) is 32.2 Å². The lowest BCUT2D eigenvalue weighted by Gasteiger charge is -2.26. The SMILES string of the molecule is CC(C)[C@H](N)C(=O)NCC1CCOc2ccccc21. The summed E-state index contributed by atoms with van der Waals surface area (Å²) in [6.07, 6.45) is 0.925. The van der Waals surface area contributed by atoms with E-state index in [4.69, 9.17) is 10.5 Å². The molecule has 2 rings (SSSR count). The second-order valence-electron chi connectivity index (χ2n) is 5.39. The van der Waals surface area contributed by atoms with Crippen LogP contribution in [0.1, 0.15) is 31.7 Å². The van der Waals surface area contributed by atoms with Crippen molar-refractivity contribution in [1.29, 1.82) is 0 Å². The number of benzene rings is 1. The first-order chi connectivity index (χ1) is 9.09. The van der Waals surface area contributed by atoms with Crippen molar-refractivity contribution in [3.63, 3.8) is 0 Å². The highest BCUT2D eigenvalue weighted by Crippen LogP contribution is 2.32. The van der Waals surface area contributed by atoms with Crippen LogP contribution in [-0.2, 0) is 4.79 Å². The van der Waals surface area contributed by atoms with Crippen molar-refractivity contribution in [3.05, 3.63) is 29.8 Å². The van der Waals surface area contributed by atoms with Crippen LogP contribution >= 0.6 is 0 Å². The fraction of sp³-hybridized carbons (Fsp3) is 0.533. The second kappa shape index (κ2) is 6.06. The monoisotopic (exact) mass is 262 g/mol. The normalized spacial score (nSPS) is 19.5. The van der Waals surface area contributed by atoms with Crippen LogP contribution in [0.5, 0.6) is 5.75 Å². The number of ether oxygens (including phenoxy) is 1. The predicted molar refractivity (Wildman–Crippen MR) is 75.1 cm³/mol. The Morgan fingerprint density at radius 1 is 1.47 bits per heavy atom. The number of hydrogen-bond acceptors (Lipinski definition) is 3. The van der Waals surface area contributed by atoms with E-state index in [1.54, 1.807) is 0 Å². The molecule has 4 heteroatoms. The summed E-state index contributed by atoms with van der Waals surface area (Å²) >= 11 is 0. The van der Waals surface area contributed by atoms with Crippen LogP contribution in [0.15, 0.2) is 24.3 Å². The second-order valence-corrected chi connectivity index (χ2v) is 5.39. The first-order valence-corrected chi connectivity index (χ1v) is 6.84. The number of carbonyl (C=O) groups excluding carboxylic acids is 1. The summed E-state index contributed by atoms with van der Waals surface area (Å²) in [5, 5.41) is 2.95. The van der Waals surface area contributed by atoms with E-state index in [-0.39, 0.29) is 11.8 Å². The Kier molecular flexibility index (Phi) is 4.43. The molecular formula is C15H22N2O2. The van der Waals surface area contributed by atoms with Crippen LogP contribution in [0.25, 0.3) is 0 Å². The lowest BCUT2D eigenvalue weighted by atomic mass is 9.93. The molecule has 4 nitrogen and oxygen atoms in total. The minimum absolute atomic E-state index is 0.0704. The van der Waals surface area contributed by atoms with Gasteiger partial charge in [-0.05, 0) is 24.0 Å². The predicted octanol–water partition coefficient (Wildman–Crippen LogP) is 1.65. The van der Waals surface area contributed by atoms with Crippen molar-refractivity contribution in [2.75, 3.05) is 13.2 Å². The van der Waals surface area contributed by atoms with Crippen LogP contribution in [0.2, 0.25) is 0 Å². The number of hydrogen-bond donors (Lipinski definition) is 2. The zero-order valence-corrected chi connectivity index (χ0v) is 11.6.